The normalized spacial score (nSPS) is 10.4. The van der Waals surface area contributed by atoms with Crippen molar-refractivity contribution in [1.29, 1.82) is 0 Å². The summed E-state index contributed by atoms with van der Waals surface area (Å²) in [5.41, 5.74) is 2.38. The summed E-state index contributed by atoms with van der Waals surface area (Å²) in [4.78, 5) is 0. The highest BCUT2D eigenvalue weighted by Gasteiger charge is 2.06. The van der Waals surface area contributed by atoms with Gasteiger partial charge in [-0.05, 0) is 49.4 Å². The lowest BCUT2D eigenvalue weighted by molar-refractivity contribution is -0.686. The monoisotopic (exact) mass is 306 g/mol. The lowest BCUT2D eigenvalue weighted by atomic mass is 10.2. The van der Waals surface area contributed by atoms with Crippen LogP contribution in [-0.2, 0) is 13.1 Å². The van der Waals surface area contributed by atoms with Crippen molar-refractivity contribution >= 4 is 11.6 Å². The first kappa shape index (κ1) is 15.7. The highest BCUT2D eigenvalue weighted by Crippen LogP contribution is 2.22. The molecule has 0 fully saturated rings. The van der Waals surface area contributed by atoms with E-state index >= 15 is 0 Å². The predicted octanol–water partition coefficient (Wildman–Crippen LogP) is 3.01. The second-order valence-corrected chi connectivity index (χ2v) is 5.17. The minimum atomic E-state index is 0.660. The molecule has 0 saturated carbocycles. The van der Waals surface area contributed by atoms with Crippen molar-refractivity contribution in [3.8, 4) is 11.5 Å². The number of methoxy groups -OCH3 is 1. The maximum atomic E-state index is 6.06. The molecule has 0 heterocycles. The molecule has 112 valence electrons. The minimum absolute atomic E-state index is 0.660. The van der Waals surface area contributed by atoms with Crippen molar-refractivity contribution in [2.24, 2.45) is 0 Å². The average Bonchev–Trinajstić information content (AvgIpc) is 2.51. The van der Waals surface area contributed by atoms with Crippen LogP contribution in [0.3, 0.4) is 0 Å². The molecule has 2 aromatic carbocycles. The van der Waals surface area contributed by atoms with Crippen molar-refractivity contribution in [1.82, 2.24) is 0 Å². The summed E-state index contributed by atoms with van der Waals surface area (Å²) < 4.78 is 10.8. The molecular weight excluding hydrogens is 286 g/mol. The highest BCUT2D eigenvalue weighted by molar-refractivity contribution is 6.30. The van der Waals surface area contributed by atoms with E-state index in [0.717, 1.165) is 35.2 Å². The lowest BCUT2D eigenvalue weighted by Crippen LogP contribution is -2.80. The van der Waals surface area contributed by atoms with Crippen LogP contribution in [0.25, 0.3) is 0 Å². The molecule has 0 aliphatic heterocycles. The quantitative estimate of drug-likeness (QED) is 0.853. The third kappa shape index (κ3) is 4.66. The Hall–Kier alpha value is -1.71. The topological polar surface area (TPSA) is 35.1 Å². The van der Waals surface area contributed by atoms with Crippen molar-refractivity contribution in [2.45, 2.75) is 20.0 Å². The number of nitrogens with two attached hydrogens (primary N) is 1. The van der Waals surface area contributed by atoms with E-state index in [4.69, 9.17) is 21.1 Å². The summed E-state index contributed by atoms with van der Waals surface area (Å²) in [6.07, 6.45) is 0. The van der Waals surface area contributed by atoms with Gasteiger partial charge in [0.1, 0.15) is 24.6 Å². The average molecular weight is 307 g/mol. The predicted molar refractivity (Wildman–Crippen MR) is 84.9 cm³/mol. The van der Waals surface area contributed by atoms with Crippen molar-refractivity contribution in [2.75, 3.05) is 13.7 Å². The lowest BCUT2D eigenvalue weighted by Gasteiger charge is -2.10. The summed E-state index contributed by atoms with van der Waals surface area (Å²) in [6, 6.07) is 13.9. The zero-order valence-corrected chi connectivity index (χ0v) is 13.2. The largest absolute Gasteiger partial charge is 0.497 e. The van der Waals surface area contributed by atoms with Crippen molar-refractivity contribution < 1.29 is 14.8 Å². The molecule has 21 heavy (non-hydrogen) atoms. The van der Waals surface area contributed by atoms with Crippen LogP contribution in [0.2, 0.25) is 5.02 Å². The zero-order valence-electron chi connectivity index (χ0n) is 12.4. The first-order valence-electron chi connectivity index (χ1n) is 7.08. The van der Waals surface area contributed by atoms with E-state index in [9.17, 15) is 0 Å². The molecule has 2 rings (SSSR count). The summed E-state index contributed by atoms with van der Waals surface area (Å²) in [5, 5.41) is 2.97. The Bertz CT molecular complexity index is 570. The van der Waals surface area contributed by atoms with Gasteiger partial charge in [-0.1, -0.05) is 11.6 Å². The molecule has 2 aromatic rings. The smallest absolute Gasteiger partial charge is 0.128 e. The van der Waals surface area contributed by atoms with Gasteiger partial charge in [-0.2, -0.15) is 0 Å². The van der Waals surface area contributed by atoms with Gasteiger partial charge in [0.25, 0.3) is 0 Å². The number of ether oxygens (including phenoxy) is 2. The third-order valence-corrected chi connectivity index (χ3v) is 3.46. The summed E-state index contributed by atoms with van der Waals surface area (Å²) in [7, 11) is 1.68. The van der Waals surface area contributed by atoms with Crippen LogP contribution in [0.1, 0.15) is 18.1 Å². The van der Waals surface area contributed by atoms with Crippen molar-refractivity contribution in [3.05, 3.63) is 58.6 Å². The van der Waals surface area contributed by atoms with E-state index in [-0.39, 0.29) is 0 Å². The van der Waals surface area contributed by atoms with E-state index in [0.29, 0.717) is 6.61 Å². The molecule has 0 atom stereocenters. The van der Waals surface area contributed by atoms with Crippen LogP contribution in [0.4, 0.5) is 0 Å². The maximum Gasteiger partial charge on any atom is 0.128 e. The molecule has 0 aliphatic rings. The maximum absolute atomic E-state index is 6.06. The van der Waals surface area contributed by atoms with E-state index in [1.54, 1.807) is 7.11 Å². The molecule has 0 radical (unpaired) electrons. The molecule has 0 bridgehead atoms. The third-order valence-electron chi connectivity index (χ3n) is 3.23. The highest BCUT2D eigenvalue weighted by atomic mass is 35.5. The number of benzene rings is 2. The fourth-order valence-electron chi connectivity index (χ4n) is 2.16. The van der Waals surface area contributed by atoms with Gasteiger partial charge >= 0.3 is 0 Å². The Kier molecular flexibility index (Phi) is 5.90. The van der Waals surface area contributed by atoms with Gasteiger partial charge in [0.15, 0.2) is 0 Å². The molecule has 0 spiro atoms. The number of halogens is 1. The molecule has 0 aliphatic carbocycles. The van der Waals surface area contributed by atoms with Gasteiger partial charge in [-0.25, -0.2) is 0 Å². The van der Waals surface area contributed by atoms with Gasteiger partial charge in [0.2, 0.25) is 0 Å². The second-order valence-electron chi connectivity index (χ2n) is 4.73. The number of quaternary nitrogens is 1. The fourth-order valence-corrected chi connectivity index (χ4v) is 2.35. The Morgan fingerprint density at radius 1 is 1.05 bits per heavy atom. The fraction of sp³-hybridized carbons (Fsp3) is 0.294. The minimum Gasteiger partial charge on any atom is -0.497 e. The summed E-state index contributed by atoms with van der Waals surface area (Å²) in [6.45, 7) is 4.39. The molecule has 0 unspecified atom stereocenters. The standard InChI is InChI=1S/C17H20ClNO2/c1-3-21-17-9-6-15(18)10-14(17)12-19-11-13-4-7-16(20-2)8-5-13/h4-10,19H,3,11-12H2,1-2H3/p+1. The molecule has 2 N–H and O–H groups in total. The van der Waals surface area contributed by atoms with Crippen LogP contribution >= 0.6 is 11.6 Å². The van der Waals surface area contributed by atoms with Crippen molar-refractivity contribution in [3.63, 3.8) is 0 Å². The van der Waals surface area contributed by atoms with E-state index in [1.807, 2.05) is 37.3 Å². The van der Waals surface area contributed by atoms with Gasteiger partial charge < -0.3 is 14.8 Å². The molecule has 4 heteroatoms. The molecule has 0 saturated heterocycles. The van der Waals surface area contributed by atoms with Gasteiger partial charge in [0, 0.05) is 16.1 Å². The summed E-state index contributed by atoms with van der Waals surface area (Å²) >= 11 is 6.06. The van der Waals surface area contributed by atoms with E-state index in [1.165, 1.54) is 5.56 Å². The first-order valence-corrected chi connectivity index (χ1v) is 7.46. The zero-order chi connectivity index (χ0) is 15.1. The van der Waals surface area contributed by atoms with Crippen LogP contribution in [0, 0.1) is 0 Å². The number of hydrogen-bond donors (Lipinski definition) is 1. The first-order chi connectivity index (χ1) is 10.2. The number of rotatable bonds is 7. The molecular formula is C17H21ClNO2+. The van der Waals surface area contributed by atoms with Crippen LogP contribution in [0.5, 0.6) is 11.5 Å². The van der Waals surface area contributed by atoms with E-state index < -0.39 is 0 Å². The Morgan fingerprint density at radius 2 is 1.81 bits per heavy atom. The Balaban J connectivity index is 1.94. The Morgan fingerprint density at radius 3 is 2.48 bits per heavy atom. The van der Waals surface area contributed by atoms with Crippen LogP contribution in [0.15, 0.2) is 42.5 Å². The molecule has 0 aromatic heterocycles. The van der Waals surface area contributed by atoms with Gasteiger partial charge in [0.05, 0.1) is 13.7 Å². The summed E-state index contributed by atoms with van der Waals surface area (Å²) in [5.74, 6) is 1.79. The van der Waals surface area contributed by atoms with Gasteiger partial charge in [-0.3, -0.25) is 0 Å². The SMILES string of the molecule is CCOc1ccc(Cl)cc1C[NH2+]Cc1ccc(OC)cc1. The molecule has 3 nitrogen and oxygen atoms in total. The second kappa shape index (κ2) is 7.91. The molecule has 0 amide bonds. The van der Waals surface area contributed by atoms with E-state index in [2.05, 4.69) is 17.4 Å². The van der Waals surface area contributed by atoms with Crippen LogP contribution < -0.4 is 14.8 Å². The number of hydrogen-bond acceptors (Lipinski definition) is 2. The Labute approximate surface area is 130 Å². The van der Waals surface area contributed by atoms with Crippen LogP contribution in [-0.4, -0.2) is 13.7 Å². The van der Waals surface area contributed by atoms with Gasteiger partial charge in [-0.15, -0.1) is 0 Å².